The molecule has 6 nitrogen and oxygen atoms in total. The summed E-state index contributed by atoms with van der Waals surface area (Å²) >= 11 is 0. The Labute approximate surface area is 171 Å². The summed E-state index contributed by atoms with van der Waals surface area (Å²) in [6, 6.07) is 11.8. The second-order valence-corrected chi connectivity index (χ2v) is 9.59. The van der Waals surface area contributed by atoms with Gasteiger partial charge >= 0.3 is 0 Å². The number of hydrogen-bond acceptors (Lipinski definition) is 4. The second kappa shape index (κ2) is 7.30. The molecule has 2 aliphatic rings. The minimum atomic E-state index is -4.08. The van der Waals surface area contributed by atoms with E-state index in [2.05, 4.69) is 0 Å². The molecule has 0 saturated carbocycles. The fourth-order valence-corrected chi connectivity index (χ4v) is 5.75. The van der Waals surface area contributed by atoms with Crippen LogP contribution in [0.5, 0.6) is 0 Å². The van der Waals surface area contributed by atoms with Crippen molar-refractivity contribution in [2.75, 3.05) is 6.54 Å². The van der Waals surface area contributed by atoms with Crippen LogP contribution in [0.4, 0.5) is 0 Å². The first-order valence-electron chi connectivity index (χ1n) is 9.79. The fraction of sp³-hybridized carbons (Fsp3) is 0.364. The molecule has 0 radical (unpaired) electrons. The van der Waals surface area contributed by atoms with Crippen molar-refractivity contribution in [1.82, 2.24) is 9.21 Å². The highest BCUT2D eigenvalue weighted by Gasteiger charge is 2.45. The molecule has 2 amide bonds. The van der Waals surface area contributed by atoms with Gasteiger partial charge in [-0.3, -0.25) is 9.59 Å². The number of aryl methyl sites for hydroxylation is 2. The highest BCUT2D eigenvalue weighted by molar-refractivity contribution is 7.89. The highest BCUT2D eigenvalue weighted by Crippen LogP contribution is 2.30. The third kappa shape index (κ3) is 3.44. The van der Waals surface area contributed by atoms with Gasteiger partial charge in [-0.05, 0) is 61.1 Å². The van der Waals surface area contributed by atoms with E-state index in [1.54, 1.807) is 17.0 Å². The molecule has 0 N–H and O–H groups in total. The van der Waals surface area contributed by atoms with E-state index in [0.29, 0.717) is 13.1 Å². The average Bonchev–Trinajstić information content (AvgIpc) is 3.11. The van der Waals surface area contributed by atoms with Crippen LogP contribution in [0.3, 0.4) is 0 Å². The molecule has 2 aromatic carbocycles. The smallest absolute Gasteiger partial charge is 0.267 e. The van der Waals surface area contributed by atoms with E-state index in [-0.39, 0.29) is 23.6 Å². The lowest BCUT2D eigenvalue weighted by atomic mass is 9.99. The van der Waals surface area contributed by atoms with Gasteiger partial charge in [0, 0.05) is 19.5 Å². The van der Waals surface area contributed by atoms with E-state index in [9.17, 15) is 18.0 Å². The van der Waals surface area contributed by atoms with Crippen LogP contribution in [0.15, 0.2) is 47.4 Å². The van der Waals surface area contributed by atoms with Gasteiger partial charge in [0.05, 0.1) is 4.90 Å². The monoisotopic (exact) mass is 412 g/mol. The van der Waals surface area contributed by atoms with Crippen molar-refractivity contribution >= 4 is 21.8 Å². The zero-order chi connectivity index (χ0) is 20.8. The van der Waals surface area contributed by atoms with E-state index in [1.807, 2.05) is 38.1 Å². The van der Waals surface area contributed by atoms with Gasteiger partial charge in [-0.2, -0.15) is 0 Å². The predicted octanol–water partition coefficient (Wildman–Crippen LogP) is 2.57. The van der Waals surface area contributed by atoms with Crippen molar-refractivity contribution in [2.24, 2.45) is 0 Å². The predicted molar refractivity (Wildman–Crippen MR) is 109 cm³/mol. The van der Waals surface area contributed by atoms with Gasteiger partial charge in [0.25, 0.3) is 10.0 Å². The Bertz CT molecular complexity index is 1090. The summed E-state index contributed by atoms with van der Waals surface area (Å²) in [6.45, 7) is 4.69. The lowest BCUT2D eigenvalue weighted by molar-refractivity contribution is -0.138. The lowest BCUT2D eigenvalue weighted by Gasteiger charge is -2.33. The summed E-state index contributed by atoms with van der Waals surface area (Å²) in [5, 5.41) is 0. The van der Waals surface area contributed by atoms with Gasteiger partial charge < -0.3 is 4.90 Å². The molecule has 2 aliphatic heterocycles. The van der Waals surface area contributed by atoms with Crippen molar-refractivity contribution in [3.05, 3.63) is 64.7 Å². The standard InChI is InChI=1S/C22H24N2O4S/c1-15-7-8-19(13-16(15)2)29(27,28)24-20(9-10-21(24)25)22(26)23-12-11-17-5-3-4-6-18(17)14-23/h3-8,13,20H,9-12,14H2,1-2H3/t20-/m1/s1. The van der Waals surface area contributed by atoms with E-state index in [1.165, 1.54) is 11.6 Å². The molecule has 0 bridgehead atoms. The first-order valence-corrected chi connectivity index (χ1v) is 11.2. The molecule has 152 valence electrons. The Morgan fingerprint density at radius 1 is 1.00 bits per heavy atom. The highest BCUT2D eigenvalue weighted by atomic mass is 32.2. The molecule has 0 aliphatic carbocycles. The van der Waals surface area contributed by atoms with Gasteiger partial charge in [0.2, 0.25) is 11.8 Å². The van der Waals surface area contributed by atoms with E-state index < -0.39 is 22.0 Å². The lowest BCUT2D eigenvalue weighted by Crippen LogP contribution is -2.50. The summed E-state index contributed by atoms with van der Waals surface area (Å²) in [5.74, 6) is -0.809. The van der Waals surface area contributed by atoms with Crippen molar-refractivity contribution < 1.29 is 18.0 Å². The molecule has 4 rings (SSSR count). The van der Waals surface area contributed by atoms with Crippen molar-refractivity contribution in [3.8, 4) is 0 Å². The number of sulfonamides is 1. The molecule has 7 heteroatoms. The quantitative estimate of drug-likeness (QED) is 0.777. The minimum Gasteiger partial charge on any atom is -0.336 e. The Hall–Kier alpha value is -2.67. The first kappa shape index (κ1) is 19.6. The Morgan fingerprint density at radius 3 is 2.45 bits per heavy atom. The third-order valence-corrected chi connectivity index (χ3v) is 7.75. The number of carbonyl (C=O) groups is 2. The number of benzene rings is 2. The maximum atomic E-state index is 13.2. The van der Waals surface area contributed by atoms with Crippen LogP contribution in [0.2, 0.25) is 0 Å². The second-order valence-electron chi connectivity index (χ2n) is 7.77. The van der Waals surface area contributed by atoms with Gasteiger partial charge in [-0.1, -0.05) is 30.3 Å². The number of fused-ring (bicyclic) bond motifs is 1. The van der Waals surface area contributed by atoms with Crippen molar-refractivity contribution in [1.29, 1.82) is 0 Å². The summed E-state index contributed by atoms with van der Waals surface area (Å²) in [5.41, 5.74) is 4.07. The van der Waals surface area contributed by atoms with Gasteiger partial charge in [-0.25, -0.2) is 12.7 Å². The minimum absolute atomic E-state index is 0.0534. The summed E-state index contributed by atoms with van der Waals surface area (Å²) in [4.78, 5) is 27.5. The molecule has 1 saturated heterocycles. The zero-order valence-corrected chi connectivity index (χ0v) is 17.4. The van der Waals surface area contributed by atoms with E-state index in [0.717, 1.165) is 27.4 Å². The van der Waals surface area contributed by atoms with Crippen LogP contribution in [0.1, 0.15) is 35.1 Å². The average molecular weight is 413 g/mol. The summed E-state index contributed by atoms with van der Waals surface area (Å²) in [7, 11) is -4.08. The molecule has 2 heterocycles. The topological polar surface area (TPSA) is 74.8 Å². The van der Waals surface area contributed by atoms with Crippen LogP contribution in [-0.4, -0.2) is 42.0 Å². The van der Waals surface area contributed by atoms with Crippen LogP contribution in [-0.2, 0) is 32.6 Å². The molecular weight excluding hydrogens is 388 g/mol. The molecular formula is C22H24N2O4S. The van der Waals surface area contributed by atoms with Gasteiger partial charge in [0.15, 0.2) is 0 Å². The van der Waals surface area contributed by atoms with Crippen molar-refractivity contribution in [2.45, 2.75) is 50.6 Å². The fourth-order valence-electron chi connectivity index (χ4n) is 4.07. The maximum absolute atomic E-state index is 13.2. The van der Waals surface area contributed by atoms with E-state index >= 15 is 0 Å². The summed E-state index contributed by atoms with van der Waals surface area (Å²) in [6.07, 6.45) is 1.01. The Balaban J connectivity index is 1.63. The first-order chi connectivity index (χ1) is 13.8. The summed E-state index contributed by atoms with van der Waals surface area (Å²) < 4.78 is 27.3. The Kier molecular flexibility index (Phi) is 4.94. The number of carbonyl (C=O) groups excluding carboxylic acids is 2. The third-order valence-electron chi connectivity index (χ3n) is 5.92. The van der Waals surface area contributed by atoms with E-state index in [4.69, 9.17) is 0 Å². The van der Waals surface area contributed by atoms with Crippen LogP contribution in [0, 0.1) is 13.8 Å². The van der Waals surface area contributed by atoms with Gasteiger partial charge in [0.1, 0.15) is 6.04 Å². The Morgan fingerprint density at radius 2 is 1.72 bits per heavy atom. The maximum Gasteiger partial charge on any atom is 0.267 e. The van der Waals surface area contributed by atoms with Crippen LogP contribution < -0.4 is 0 Å². The van der Waals surface area contributed by atoms with Crippen molar-refractivity contribution in [3.63, 3.8) is 0 Å². The SMILES string of the molecule is Cc1ccc(S(=O)(=O)N2C(=O)CC[C@@H]2C(=O)N2CCc3ccccc3C2)cc1C. The number of hydrogen-bond donors (Lipinski definition) is 0. The molecule has 1 fully saturated rings. The molecule has 0 spiro atoms. The molecule has 1 atom stereocenters. The van der Waals surface area contributed by atoms with Crippen LogP contribution >= 0.6 is 0 Å². The normalized spacial score (nSPS) is 19.4. The molecule has 0 aromatic heterocycles. The molecule has 0 unspecified atom stereocenters. The van der Waals surface area contributed by atoms with Crippen LogP contribution in [0.25, 0.3) is 0 Å². The number of rotatable bonds is 3. The number of amides is 2. The zero-order valence-electron chi connectivity index (χ0n) is 16.6. The number of nitrogens with zero attached hydrogens (tertiary/aromatic N) is 2. The largest absolute Gasteiger partial charge is 0.336 e. The molecule has 2 aromatic rings. The van der Waals surface area contributed by atoms with Gasteiger partial charge in [-0.15, -0.1) is 0 Å². The molecule has 29 heavy (non-hydrogen) atoms.